The van der Waals surface area contributed by atoms with Gasteiger partial charge in [-0.15, -0.1) is 0 Å². The summed E-state index contributed by atoms with van der Waals surface area (Å²) in [4.78, 5) is 4.05. The van der Waals surface area contributed by atoms with Gasteiger partial charge < -0.3 is 5.73 Å². The summed E-state index contributed by atoms with van der Waals surface area (Å²) < 4.78 is 0. The van der Waals surface area contributed by atoms with Crippen LogP contribution in [-0.2, 0) is 21.1 Å². The molecule has 58 valence electrons. The van der Waals surface area contributed by atoms with Crippen molar-refractivity contribution in [1.82, 2.24) is 4.98 Å². The topological polar surface area (TPSA) is 38.9 Å². The van der Waals surface area contributed by atoms with Crippen LogP contribution in [-0.4, -0.2) is 4.98 Å². The molecule has 0 aliphatic rings. The maximum atomic E-state index is 5.55. The van der Waals surface area contributed by atoms with E-state index >= 15 is 0 Å². The Bertz CT molecular complexity index is 174. The van der Waals surface area contributed by atoms with Gasteiger partial charge in [0.2, 0.25) is 0 Å². The Labute approximate surface area is 75.1 Å². The maximum Gasteiger partial charge on any atom is 0.0568 e. The molecule has 1 aromatic heterocycles. The van der Waals surface area contributed by atoms with Crippen LogP contribution in [0, 0.1) is 0 Å². The van der Waals surface area contributed by atoms with E-state index in [1.807, 2.05) is 25.1 Å². The molecule has 1 unspecified atom stereocenters. The first-order chi connectivity index (χ1) is 4.30. The van der Waals surface area contributed by atoms with E-state index in [0.29, 0.717) is 0 Å². The van der Waals surface area contributed by atoms with Gasteiger partial charge in [0.1, 0.15) is 0 Å². The molecule has 2 nitrogen and oxygen atoms in total. The zero-order chi connectivity index (χ0) is 6.69. The fourth-order valence-electron chi connectivity index (χ4n) is 0.645. The molecule has 2 N–H and O–H groups in total. The van der Waals surface area contributed by atoms with E-state index in [2.05, 4.69) is 4.98 Å². The van der Waals surface area contributed by atoms with Crippen LogP contribution in [0.3, 0.4) is 0 Å². The first kappa shape index (κ1) is 9.80. The largest absolute Gasteiger partial charge is 0.323 e. The maximum absolute atomic E-state index is 5.55. The van der Waals surface area contributed by atoms with E-state index in [9.17, 15) is 0 Å². The molecule has 0 radical (unpaired) electrons. The summed E-state index contributed by atoms with van der Waals surface area (Å²) in [6.07, 6.45) is 1.75. The van der Waals surface area contributed by atoms with Gasteiger partial charge >= 0.3 is 0 Å². The molecule has 10 heavy (non-hydrogen) atoms. The molecule has 0 spiro atoms. The van der Waals surface area contributed by atoms with Gasteiger partial charge in [0.25, 0.3) is 0 Å². The fraction of sp³-hybridized carbons (Fsp3) is 0.286. The molecule has 1 heterocycles. The van der Waals surface area contributed by atoms with Crippen molar-refractivity contribution in [3.8, 4) is 0 Å². The van der Waals surface area contributed by atoms with Gasteiger partial charge in [-0.25, -0.2) is 0 Å². The van der Waals surface area contributed by atoms with Crippen LogP contribution in [0.15, 0.2) is 24.4 Å². The smallest absolute Gasteiger partial charge is 0.0568 e. The average Bonchev–Trinajstić information content (AvgIpc) is 1.90. The summed E-state index contributed by atoms with van der Waals surface area (Å²) in [6, 6.07) is 5.79. The van der Waals surface area contributed by atoms with E-state index in [4.69, 9.17) is 5.73 Å². The Kier molecular flexibility index (Phi) is 4.50. The van der Waals surface area contributed by atoms with Crippen molar-refractivity contribution in [2.75, 3.05) is 0 Å². The normalized spacial score (nSPS) is 11.8. The summed E-state index contributed by atoms with van der Waals surface area (Å²) in [5.41, 5.74) is 6.49. The first-order valence-electron chi connectivity index (χ1n) is 2.97. The second kappa shape index (κ2) is 4.59. The van der Waals surface area contributed by atoms with E-state index in [0.717, 1.165) is 5.69 Å². The molecule has 0 aromatic carbocycles. The third-order valence-corrected chi connectivity index (χ3v) is 1.15. The van der Waals surface area contributed by atoms with Crippen molar-refractivity contribution in [2.45, 2.75) is 13.0 Å². The van der Waals surface area contributed by atoms with E-state index in [-0.39, 0.29) is 27.1 Å². The van der Waals surface area contributed by atoms with Crippen LogP contribution < -0.4 is 5.73 Å². The third-order valence-electron chi connectivity index (χ3n) is 1.15. The summed E-state index contributed by atoms with van der Waals surface area (Å²) in [6.45, 7) is 1.92. The van der Waals surface area contributed by atoms with E-state index in [1.165, 1.54) is 0 Å². The van der Waals surface area contributed by atoms with Gasteiger partial charge in [0.05, 0.1) is 5.69 Å². The summed E-state index contributed by atoms with van der Waals surface area (Å²) in [7, 11) is 0. The van der Waals surface area contributed by atoms with Crippen LogP contribution in [0.25, 0.3) is 0 Å². The standard InChI is InChI=1S/C7H10N2.Pt/c1-6(8)7-4-2-3-5-9-7;/h2-6H,8H2,1H3;. The average molecular weight is 317 g/mol. The Morgan fingerprint density at radius 2 is 2.20 bits per heavy atom. The second-order valence-electron chi connectivity index (χ2n) is 2.04. The molecule has 0 saturated heterocycles. The van der Waals surface area contributed by atoms with E-state index in [1.54, 1.807) is 6.20 Å². The number of rotatable bonds is 1. The number of nitrogens with two attached hydrogens (primary N) is 1. The molecule has 0 saturated carbocycles. The van der Waals surface area contributed by atoms with E-state index < -0.39 is 0 Å². The van der Waals surface area contributed by atoms with Crippen LogP contribution >= 0.6 is 0 Å². The second-order valence-corrected chi connectivity index (χ2v) is 2.04. The van der Waals surface area contributed by atoms with Gasteiger partial charge in [0, 0.05) is 33.3 Å². The Morgan fingerprint density at radius 3 is 2.50 bits per heavy atom. The number of aromatic nitrogens is 1. The summed E-state index contributed by atoms with van der Waals surface area (Å²) >= 11 is 0. The van der Waals surface area contributed by atoms with Crippen LogP contribution in [0.1, 0.15) is 18.7 Å². The van der Waals surface area contributed by atoms with Crippen molar-refractivity contribution < 1.29 is 21.1 Å². The molecular weight excluding hydrogens is 307 g/mol. The zero-order valence-corrected chi connectivity index (χ0v) is 8.00. The van der Waals surface area contributed by atoms with Crippen molar-refractivity contribution in [3.63, 3.8) is 0 Å². The SMILES string of the molecule is CC(N)c1ccccn1.[Pt]. The summed E-state index contributed by atoms with van der Waals surface area (Å²) in [5, 5.41) is 0. The van der Waals surface area contributed by atoms with Crippen LogP contribution in [0.4, 0.5) is 0 Å². The minimum absolute atomic E-state index is 0. The molecule has 0 fully saturated rings. The Morgan fingerprint density at radius 1 is 1.50 bits per heavy atom. The van der Waals surface area contributed by atoms with Gasteiger partial charge in [0.15, 0.2) is 0 Å². The number of hydrogen-bond acceptors (Lipinski definition) is 2. The Hall–Kier alpha value is -0.202. The first-order valence-corrected chi connectivity index (χ1v) is 2.97. The molecule has 0 aliphatic carbocycles. The van der Waals surface area contributed by atoms with Gasteiger partial charge in [-0.1, -0.05) is 6.07 Å². The fourth-order valence-corrected chi connectivity index (χ4v) is 0.645. The summed E-state index contributed by atoms with van der Waals surface area (Å²) in [5.74, 6) is 0. The predicted molar refractivity (Wildman–Crippen MR) is 36.8 cm³/mol. The van der Waals surface area contributed by atoms with Gasteiger partial charge in [-0.3, -0.25) is 4.98 Å². The minimum atomic E-state index is 0. The molecule has 0 aliphatic heterocycles. The zero-order valence-electron chi connectivity index (χ0n) is 5.73. The predicted octanol–water partition coefficient (Wildman–Crippen LogP) is 1.10. The van der Waals surface area contributed by atoms with Crippen molar-refractivity contribution >= 4 is 0 Å². The molecule has 0 amide bonds. The quantitative estimate of drug-likeness (QED) is 0.842. The number of hydrogen-bond donors (Lipinski definition) is 1. The monoisotopic (exact) mass is 317 g/mol. The van der Waals surface area contributed by atoms with Crippen molar-refractivity contribution in [3.05, 3.63) is 30.1 Å². The molecular formula is C7H10N2Pt. The minimum Gasteiger partial charge on any atom is -0.323 e. The molecule has 1 aromatic rings. The molecule has 3 heteroatoms. The molecule has 1 rings (SSSR count). The van der Waals surface area contributed by atoms with Crippen molar-refractivity contribution in [1.29, 1.82) is 0 Å². The van der Waals surface area contributed by atoms with Crippen LogP contribution in [0.2, 0.25) is 0 Å². The Balaban J connectivity index is 0.000000810. The number of nitrogens with zero attached hydrogens (tertiary/aromatic N) is 1. The molecule has 0 bridgehead atoms. The van der Waals surface area contributed by atoms with Crippen LogP contribution in [0.5, 0.6) is 0 Å². The van der Waals surface area contributed by atoms with Gasteiger partial charge in [-0.2, -0.15) is 0 Å². The third kappa shape index (κ3) is 2.59. The molecule has 1 atom stereocenters. The van der Waals surface area contributed by atoms with Gasteiger partial charge in [-0.05, 0) is 19.1 Å². The number of pyridine rings is 1. The van der Waals surface area contributed by atoms with Crippen molar-refractivity contribution in [2.24, 2.45) is 5.73 Å².